The first-order chi connectivity index (χ1) is 46.5. The van der Waals surface area contributed by atoms with E-state index < -0.39 is 19.4 Å². The fourth-order valence-corrected chi connectivity index (χ4v) is 16.0. The van der Waals surface area contributed by atoms with Gasteiger partial charge < -0.3 is 49.2 Å². The molecule has 24 nitrogen and oxygen atoms in total. The van der Waals surface area contributed by atoms with Crippen LogP contribution in [0.15, 0.2) is 145 Å². The maximum absolute atomic E-state index is 12.9. The summed E-state index contributed by atoms with van der Waals surface area (Å²) in [5.41, 5.74) is 3.43. The van der Waals surface area contributed by atoms with E-state index in [0.29, 0.717) is 127 Å². The number of piperidine rings is 3. The Bertz CT molecular complexity index is 4480. The molecular formula is C71H79N11O13S2. The lowest BCUT2D eigenvalue weighted by Gasteiger charge is -2.35. The molecule has 8 aromatic rings. The number of nitrogens with one attached hydrogen (secondary N) is 4. The number of rotatable bonds is 15. The minimum absolute atomic E-state index is 0.00735. The van der Waals surface area contributed by atoms with Gasteiger partial charge in [-0.3, -0.25) is 57.6 Å². The number of carbonyl (C=O) groups excluding carboxylic acids is 7. The Morgan fingerprint density at radius 3 is 1.34 bits per heavy atom. The second-order valence-electron chi connectivity index (χ2n) is 27.3. The van der Waals surface area contributed by atoms with Crippen LogP contribution in [0.5, 0.6) is 0 Å². The first-order valence-corrected chi connectivity index (χ1v) is 37.0. The molecule has 0 radical (unpaired) electrons. The summed E-state index contributed by atoms with van der Waals surface area (Å²) in [4.78, 5) is 108. The maximum Gasteiger partial charge on any atom is 0.287 e. The van der Waals surface area contributed by atoms with Gasteiger partial charge in [0.2, 0.25) is 11.8 Å². The number of nitrogens with zero attached hydrogens (tertiary/aromatic N) is 7. The molecule has 26 heteroatoms. The zero-order valence-electron chi connectivity index (χ0n) is 54.3. The molecule has 4 unspecified atom stereocenters. The Labute approximate surface area is 561 Å². The number of fused-ring (bicyclic) bond motifs is 3. The van der Waals surface area contributed by atoms with E-state index in [1.54, 1.807) is 109 Å². The molecule has 508 valence electrons. The van der Waals surface area contributed by atoms with Gasteiger partial charge >= 0.3 is 0 Å². The molecule has 7 fully saturated rings. The van der Waals surface area contributed by atoms with Crippen LogP contribution in [-0.2, 0) is 28.9 Å². The van der Waals surface area contributed by atoms with Gasteiger partial charge in [-0.25, -0.2) is 8.42 Å². The number of amides is 7. The largest absolute Gasteiger partial charge is 0.449 e. The first kappa shape index (κ1) is 66.3. The van der Waals surface area contributed by atoms with Crippen molar-refractivity contribution >= 4 is 99.5 Å². The number of hydrogen-bond donors (Lipinski definition) is 4. The van der Waals surface area contributed by atoms with Crippen molar-refractivity contribution in [1.82, 2.24) is 55.8 Å². The SMILES string of the molecule is C=S(C)(=O)c1ccc(C(=O)N2CCC3(CC2)CC3CNC(=O)c2cc3ccncc3o2)cc1.CS(=O)(=O)c1cccc(C(=O)N2CCC3(CC2)CC3CNC(=O)c2cc3ccncc3o2)c1.O=C1CN(CC(=O)N2CCC3(CC2)CC3CNC(=O)c2cc3ccncc3o2)CCN1. The highest BCUT2D eigenvalue weighted by Crippen LogP contribution is 2.61. The van der Waals surface area contributed by atoms with E-state index in [-0.39, 0.29) is 68.3 Å². The summed E-state index contributed by atoms with van der Waals surface area (Å²) in [7, 11) is -5.65. The fourth-order valence-electron chi connectivity index (χ4n) is 14.6. The van der Waals surface area contributed by atoms with Crippen LogP contribution in [0.4, 0.5) is 0 Å². The molecule has 0 bridgehead atoms. The van der Waals surface area contributed by atoms with E-state index in [2.05, 4.69) is 42.1 Å². The molecule has 3 aliphatic carbocycles. The van der Waals surface area contributed by atoms with Crippen LogP contribution in [0, 0.1) is 34.0 Å². The van der Waals surface area contributed by atoms with E-state index in [4.69, 9.17) is 13.3 Å². The monoisotopic (exact) mass is 1360 g/mol. The molecule has 7 aliphatic rings. The van der Waals surface area contributed by atoms with Gasteiger partial charge in [0.15, 0.2) is 43.9 Å². The van der Waals surface area contributed by atoms with Crippen molar-refractivity contribution in [3.8, 4) is 0 Å². The lowest BCUT2D eigenvalue weighted by atomic mass is 9.90. The third-order valence-electron chi connectivity index (χ3n) is 21.0. The third-order valence-corrected chi connectivity index (χ3v) is 23.4. The van der Waals surface area contributed by atoms with Crippen LogP contribution < -0.4 is 21.3 Å². The standard InChI is InChI=1S/C25H27N3O4S.C24H25N3O5S.C22H27N5O4/c1-33(2,31)20-5-3-17(4-6-20)24(30)28-11-8-25(9-12-28)14-19(25)15-27-23(29)21-13-18-7-10-26-16-22(18)32-21;1-33(30,31)19-4-2-3-17(11-19)23(29)27-9-6-24(7-10-27)13-18(24)14-26-22(28)20-12-16-5-8-25-15-21(16)32-20;28-19-13-26(8-5-24-19)14-20(29)27-6-2-22(3-7-27)10-16(22)11-25-21(30)17-9-15-1-4-23-12-18(15)31-17/h3-7,10,13,16,19H,1,8-9,11-12,14-15H2,2H3,(H,27,29);2-5,8,11-12,15,18H,6-7,9-10,13-14H2,1H3,(H,26,28);1,4,9,12,16H,2-3,5-8,10-11,13-14H2,(H,24,28)(H,25,30). The Hall–Kier alpha value is -9.27. The van der Waals surface area contributed by atoms with Crippen molar-refractivity contribution < 1.29 is 59.4 Å². The van der Waals surface area contributed by atoms with Crippen LogP contribution in [0.2, 0.25) is 0 Å². The van der Waals surface area contributed by atoms with Gasteiger partial charge in [0.05, 0.1) is 36.6 Å². The van der Waals surface area contributed by atoms with Crippen molar-refractivity contribution in [2.24, 2.45) is 34.0 Å². The Balaban J connectivity index is 0.000000131. The molecule has 3 spiro atoms. The van der Waals surface area contributed by atoms with E-state index in [9.17, 15) is 46.2 Å². The van der Waals surface area contributed by atoms with E-state index in [1.807, 2.05) is 26.8 Å². The summed E-state index contributed by atoms with van der Waals surface area (Å²) in [5, 5.41) is 14.4. The summed E-state index contributed by atoms with van der Waals surface area (Å²) in [5.74, 6) is 5.17. The fraction of sp³-hybridized carbons (Fsp3) is 0.423. The van der Waals surface area contributed by atoms with Crippen molar-refractivity contribution in [2.75, 3.05) is 97.6 Å². The lowest BCUT2D eigenvalue weighted by Crippen LogP contribution is -2.52. The lowest BCUT2D eigenvalue weighted by molar-refractivity contribution is -0.135. The zero-order chi connectivity index (χ0) is 67.9. The third kappa shape index (κ3) is 15.0. The van der Waals surface area contributed by atoms with Crippen molar-refractivity contribution in [1.29, 1.82) is 0 Å². The topological polar surface area (TPSA) is 310 Å². The number of hydrogen-bond acceptors (Lipinski definition) is 17. The molecule has 15 rings (SSSR count). The quantitative estimate of drug-likeness (QED) is 0.0773. The van der Waals surface area contributed by atoms with E-state index >= 15 is 0 Å². The van der Waals surface area contributed by atoms with Gasteiger partial charge in [-0.15, -0.1) is 0 Å². The number of aromatic nitrogens is 3. The van der Waals surface area contributed by atoms with E-state index in [0.717, 1.165) is 99.8 Å². The number of sulfone groups is 1. The summed E-state index contributed by atoms with van der Waals surface area (Å²) in [6.45, 7) is 7.94. The van der Waals surface area contributed by atoms with Crippen molar-refractivity contribution in [3.05, 3.63) is 151 Å². The van der Waals surface area contributed by atoms with Gasteiger partial charge in [0.25, 0.3) is 29.5 Å². The zero-order valence-corrected chi connectivity index (χ0v) is 55.9. The number of benzene rings is 2. The van der Waals surface area contributed by atoms with Gasteiger partial charge in [0.1, 0.15) is 0 Å². The highest BCUT2D eigenvalue weighted by atomic mass is 32.2. The number of piperazine rings is 1. The highest BCUT2D eigenvalue weighted by molar-refractivity contribution is 7.99. The second-order valence-corrected chi connectivity index (χ2v) is 31.8. The van der Waals surface area contributed by atoms with Crippen LogP contribution in [0.1, 0.15) is 110 Å². The summed E-state index contributed by atoms with van der Waals surface area (Å²) in [6.07, 6.45) is 21.3. The van der Waals surface area contributed by atoms with Crippen molar-refractivity contribution in [2.45, 2.75) is 67.6 Å². The number of likely N-dealkylation sites (tertiary alicyclic amines) is 3. The molecule has 97 heavy (non-hydrogen) atoms. The molecule has 4 atom stereocenters. The van der Waals surface area contributed by atoms with Crippen molar-refractivity contribution in [3.63, 3.8) is 0 Å². The first-order valence-electron chi connectivity index (χ1n) is 33.0. The Morgan fingerprint density at radius 2 is 0.948 bits per heavy atom. The molecule has 4 N–H and O–H groups in total. The molecular weight excluding hydrogens is 1280 g/mol. The molecule has 4 aliphatic heterocycles. The summed E-state index contributed by atoms with van der Waals surface area (Å²) in [6, 6.07) is 23.8. The molecule has 4 saturated heterocycles. The number of carbonyl (C=O) groups is 7. The molecule has 2 aromatic carbocycles. The Kier molecular flexibility index (Phi) is 18.4. The van der Waals surface area contributed by atoms with Crippen LogP contribution in [0.25, 0.3) is 32.9 Å². The Morgan fingerprint density at radius 1 is 0.536 bits per heavy atom. The average molecular weight is 1360 g/mol. The predicted molar refractivity (Wildman–Crippen MR) is 362 cm³/mol. The van der Waals surface area contributed by atoms with Gasteiger partial charge in [-0.1, -0.05) is 6.07 Å². The summed E-state index contributed by atoms with van der Waals surface area (Å²) >= 11 is 0. The molecule has 10 heterocycles. The van der Waals surface area contributed by atoms with Gasteiger partial charge in [-0.05, 0) is 186 Å². The minimum atomic E-state index is -3.36. The van der Waals surface area contributed by atoms with Crippen LogP contribution >= 0.6 is 0 Å². The van der Waals surface area contributed by atoms with Gasteiger partial charge in [0, 0.05) is 135 Å². The molecule has 7 amide bonds. The molecule has 6 aromatic heterocycles. The highest BCUT2D eigenvalue weighted by Gasteiger charge is 2.57. The number of furan rings is 3. The average Bonchev–Trinajstić information content (AvgIpc) is 1.71. The van der Waals surface area contributed by atoms with Crippen LogP contribution in [-0.4, -0.2) is 192 Å². The normalized spacial score (nSPS) is 21.2. The second kappa shape index (κ2) is 27.0. The number of pyridine rings is 3. The molecule has 3 saturated carbocycles. The maximum atomic E-state index is 12.9. The van der Waals surface area contributed by atoms with Gasteiger partial charge in [-0.2, -0.15) is 0 Å². The minimum Gasteiger partial charge on any atom is -0.449 e. The van der Waals surface area contributed by atoms with Crippen LogP contribution in [0.3, 0.4) is 0 Å². The van der Waals surface area contributed by atoms with E-state index in [1.165, 1.54) is 12.1 Å². The smallest absolute Gasteiger partial charge is 0.287 e. The predicted octanol–water partition coefficient (Wildman–Crippen LogP) is 6.73. The summed E-state index contributed by atoms with van der Waals surface area (Å²) < 4.78 is 52.4.